The standard InChI is InChI=1S/C16H17ClN2O7S/c1-23-13(20)6-19(7-14(21)24-2)10-5-12-9(18-16(17)27-12)4-11(10)26-8-15(22)25-3/h4-5H,6-8H2,1-3H3. The van der Waals surface area contributed by atoms with Crippen LogP contribution in [0.3, 0.4) is 0 Å². The van der Waals surface area contributed by atoms with Crippen molar-refractivity contribution in [1.29, 1.82) is 0 Å². The van der Waals surface area contributed by atoms with E-state index in [9.17, 15) is 14.4 Å². The Balaban J connectivity index is 2.48. The lowest BCUT2D eigenvalue weighted by Crippen LogP contribution is -2.36. The Morgan fingerprint density at radius 1 is 1.04 bits per heavy atom. The van der Waals surface area contributed by atoms with Gasteiger partial charge in [0.25, 0.3) is 0 Å². The Hall–Kier alpha value is -2.59. The van der Waals surface area contributed by atoms with Crippen LogP contribution in [0.2, 0.25) is 4.47 Å². The number of rotatable bonds is 8. The van der Waals surface area contributed by atoms with Crippen molar-refractivity contribution < 1.29 is 33.3 Å². The smallest absolute Gasteiger partial charge is 0.343 e. The van der Waals surface area contributed by atoms with Crippen LogP contribution in [-0.2, 0) is 28.6 Å². The number of benzene rings is 1. The van der Waals surface area contributed by atoms with Crippen molar-refractivity contribution in [3.63, 3.8) is 0 Å². The highest BCUT2D eigenvalue weighted by Crippen LogP contribution is 2.37. The number of aromatic nitrogens is 1. The molecule has 27 heavy (non-hydrogen) atoms. The molecule has 0 aliphatic rings. The third kappa shape index (κ3) is 5.44. The molecule has 2 aromatic rings. The van der Waals surface area contributed by atoms with Crippen LogP contribution < -0.4 is 9.64 Å². The van der Waals surface area contributed by atoms with Crippen molar-refractivity contribution in [2.24, 2.45) is 0 Å². The Bertz CT molecular complexity index is 837. The van der Waals surface area contributed by atoms with Gasteiger partial charge in [0.2, 0.25) is 0 Å². The number of hydrogen-bond acceptors (Lipinski definition) is 10. The van der Waals surface area contributed by atoms with Gasteiger partial charge in [-0.2, -0.15) is 0 Å². The van der Waals surface area contributed by atoms with Crippen LogP contribution >= 0.6 is 22.9 Å². The topological polar surface area (TPSA) is 104 Å². The Morgan fingerprint density at radius 3 is 2.19 bits per heavy atom. The summed E-state index contributed by atoms with van der Waals surface area (Å²) in [6.07, 6.45) is 0. The molecule has 1 heterocycles. The summed E-state index contributed by atoms with van der Waals surface area (Å²) in [5.74, 6) is -1.51. The maximum atomic E-state index is 11.8. The summed E-state index contributed by atoms with van der Waals surface area (Å²) in [5, 5.41) is 0. The average Bonchev–Trinajstić information content (AvgIpc) is 3.03. The lowest BCUT2D eigenvalue weighted by molar-refractivity contribution is -0.143. The first-order valence-electron chi connectivity index (χ1n) is 7.56. The number of halogens is 1. The van der Waals surface area contributed by atoms with E-state index >= 15 is 0 Å². The van der Waals surface area contributed by atoms with Crippen LogP contribution in [-0.4, -0.2) is 63.9 Å². The van der Waals surface area contributed by atoms with E-state index in [-0.39, 0.29) is 25.4 Å². The van der Waals surface area contributed by atoms with Crippen LogP contribution in [0, 0.1) is 0 Å². The molecule has 0 spiro atoms. The normalized spacial score (nSPS) is 10.4. The number of carbonyl (C=O) groups is 3. The summed E-state index contributed by atoms with van der Waals surface area (Å²) in [6, 6.07) is 3.23. The zero-order valence-corrected chi connectivity index (χ0v) is 16.4. The minimum absolute atomic E-state index is 0.225. The molecular weight excluding hydrogens is 400 g/mol. The van der Waals surface area contributed by atoms with Crippen molar-refractivity contribution in [3.8, 4) is 5.75 Å². The van der Waals surface area contributed by atoms with E-state index in [0.29, 0.717) is 20.4 Å². The second-order valence-electron chi connectivity index (χ2n) is 5.13. The molecule has 0 aliphatic carbocycles. The molecule has 0 fully saturated rings. The number of ether oxygens (including phenoxy) is 4. The fourth-order valence-electron chi connectivity index (χ4n) is 2.14. The van der Waals surface area contributed by atoms with E-state index in [2.05, 4.69) is 19.2 Å². The zero-order chi connectivity index (χ0) is 20.0. The summed E-state index contributed by atoms with van der Waals surface area (Å²) < 4.78 is 20.5. The van der Waals surface area contributed by atoms with Gasteiger partial charge in [-0.05, 0) is 6.07 Å². The number of nitrogens with zero attached hydrogens (tertiary/aromatic N) is 2. The van der Waals surface area contributed by atoms with Gasteiger partial charge in [0, 0.05) is 6.07 Å². The number of methoxy groups -OCH3 is 3. The molecular formula is C16H17ClN2O7S. The molecule has 9 nitrogen and oxygen atoms in total. The van der Waals surface area contributed by atoms with Crippen LogP contribution in [0.4, 0.5) is 5.69 Å². The molecule has 1 aromatic heterocycles. The number of carbonyl (C=O) groups excluding carboxylic acids is 3. The molecule has 1 aromatic carbocycles. The fourth-order valence-corrected chi connectivity index (χ4v) is 3.19. The van der Waals surface area contributed by atoms with E-state index in [0.717, 1.165) is 0 Å². The van der Waals surface area contributed by atoms with Crippen molar-refractivity contribution in [2.75, 3.05) is 45.9 Å². The fraction of sp³-hybridized carbons (Fsp3) is 0.375. The van der Waals surface area contributed by atoms with E-state index in [4.69, 9.17) is 16.3 Å². The molecule has 0 N–H and O–H groups in total. The molecule has 0 radical (unpaired) electrons. The van der Waals surface area contributed by atoms with Crippen LogP contribution in [0.15, 0.2) is 12.1 Å². The third-order valence-corrected chi connectivity index (χ3v) is 4.57. The second kappa shape index (κ2) is 9.38. The molecule has 0 aliphatic heterocycles. The summed E-state index contributed by atoms with van der Waals surface area (Å²) in [6.45, 7) is -0.840. The molecule has 146 valence electrons. The van der Waals surface area contributed by atoms with Crippen molar-refractivity contribution in [2.45, 2.75) is 0 Å². The highest BCUT2D eigenvalue weighted by atomic mass is 35.5. The largest absolute Gasteiger partial charge is 0.480 e. The van der Waals surface area contributed by atoms with Gasteiger partial charge < -0.3 is 23.8 Å². The SMILES string of the molecule is COC(=O)COc1cc2nc(Cl)sc2cc1N(CC(=O)OC)CC(=O)OC. The monoisotopic (exact) mass is 416 g/mol. The maximum absolute atomic E-state index is 11.8. The maximum Gasteiger partial charge on any atom is 0.343 e. The van der Waals surface area contributed by atoms with Crippen molar-refractivity contribution in [1.82, 2.24) is 4.98 Å². The van der Waals surface area contributed by atoms with E-state index < -0.39 is 17.9 Å². The van der Waals surface area contributed by atoms with Gasteiger partial charge in [-0.25, -0.2) is 9.78 Å². The van der Waals surface area contributed by atoms with Gasteiger partial charge in [0.1, 0.15) is 18.8 Å². The Morgan fingerprint density at radius 2 is 1.63 bits per heavy atom. The molecule has 11 heteroatoms. The number of fused-ring (bicyclic) bond motifs is 1. The highest BCUT2D eigenvalue weighted by molar-refractivity contribution is 7.22. The summed E-state index contributed by atoms with van der Waals surface area (Å²) >= 11 is 7.18. The lowest BCUT2D eigenvalue weighted by atomic mass is 10.2. The number of hydrogen-bond donors (Lipinski definition) is 0. The van der Waals surface area contributed by atoms with E-state index in [1.807, 2.05) is 0 Å². The van der Waals surface area contributed by atoms with Crippen LogP contribution in [0.25, 0.3) is 10.2 Å². The van der Waals surface area contributed by atoms with Crippen LogP contribution in [0.5, 0.6) is 5.75 Å². The first-order chi connectivity index (χ1) is 12.9. The molecule has 0 saturated carbocycles. The quantitative estimate of drug-likeness (QED) is 0.469. The molecule has 0 saturated heterocycles. The highest BCUT2D eigenvalue weighted by Gasteiger charge is 2.22. The molecule has 2 rings (SSSR count). The molecule has 0 bridgehead atoms. The minimum atomic E-state index is -0.593. The second-order valence-corrected chi connectivity index (χ2v) is 6.74. The average molecular weight is 417 g/mol. The van der Waals surface area contributed by atoms with E-state index in [1.165, 1.54) is 37.6 Å². The van der Waals surface area contributed by atoms with Crippen molar-refractivity contribution >= 4 is 56.7 Å². The van der Waals surface area contributed by atoms with Gasteiger partial charge in [-0.3, -0.25) is 9.59 Å². The summed E-state index contributed by atoms with van der Waals surface area (Å²) in [5.41, 5.74) is 0.923. The Kier molecular flexibility index (Phi) is 7.19. The van der Waals surface area contributed by atoms with Gasteiger partial charge in [-0.1, -0.05) is 11.6 Å². The lowest BCUT2D eigenvalue weighted by Gasteiger charge is -2.24. The predicted molar refractivity (Wildman–Crippen MR) is 98.4 cm³/mol. The third-order valence-electron chi connectivity index (χ3n) is 3.45. The molecule has 0 amide bonds. The van der Waals surface area contributed by atoms with Crippen LogP contribution in [0.1, 0.15) is 0 Å². The number of anilines is 1. The van der Waals surface area contributed by atoms with Crippen molar-refractivity contribution in [3.05, 3.63) is 16.6 Å². The zero-order valence-electron chi connectivity index (χ0n) is 14.8. The predicted octanol–water partition coefficient (Wildman–Crippen LogP) is 1.65. The molecule has 0 atom stereocenters. The first-order valence-corrected chi connectivity index (χ1v) is 8.75. The number of esters is 3. The Labute approximate surface area is 163 Å². The van der Waals surface area contributed by atoms with Gasteiger partial charge in [-0.15, -0.1) is 11.3 Å². The van der Waals surface area contributed by atoms with Gasteiger partial charge in [0.15, 0.2) is 11.1 Å². The van der Waals surface area contributed by atoms with E-state index in [1.54, 1.807) is 12.1 Å². The molecule has 0 unspecified atom stereocenters. The summed E-state index contributed by atoms with van der Waals surface area (Å²) in [4.78, 5) is 40.6. The number of thiazole rings is 1. The first kappa shape index (κ1) is 20.7. The summed E-state index contributed by atoms with van der Waals surface area (Å²) in [7, 11) is 3.70. The minimum Gasteiger partial charge on any atom is -0.480 e. The van der Waals surface area contributed by atoms with Gasteiger partial charge >= 0.3 is 17.9 Å². The van der Waals surface area contributed by atoms with Gasteiger partial charge in [0.05, 0.1) is 37.2 Å².